The van der Waals surface area contributed by atoms with Crippen LogP contribution in [0.15, 0.2) is 0 Å². The molecule has 2 atom stereocenters. The van der Waals surface area contributed by atoms with E-state index < -0.39 is 17.8 Å². The lowest BCUT2D eigenvalue weighted by atomic mass is 9.82. The highest BCUT2D eigenvalue weighted by atomic mass is 19.4. The third kappa shape index (κ3) is 1.72. The Morgan fingerprint density at radius 1 is 1.42 bits per heavy atom. The van der Waals surface area contributed by atoms with Gasteiger partial charge in [-0.15, -0.1) is 0 Å². The molecule has 0 amide bonds. The topological polar surface area (TPSA) is 46.2 Å². The highest BCUT2D eigenvalue weighted by Gasteiger charge is 2.54. The van der Waals surface area contributed by atoms with Crippen LogP contribution in [0, 0.1) is 0 Å². The first-order valence-corrected chi connectivity index (χ1v) is 3.90. The quantitative estimate of drug-likeness (QED) is 0.592. The minimum absolute atomic E-state index is 0.218. The van der Waals surface area contributed by atoms with Crippen LogP contribution in [0.1, 0.15) is 25.7 Å². The van der Waals surface area contributed by atoms with Crippen LogP contribution in [0.25, 0.3) is 0 Å². The van der Waals surface area contributed by atoms with Crippen LogP contribution in [0.2, 0.25) is 0 Å². The van der Waals surface area contributed by atoms with Crippen LogP contribution in [0.5, 0.6) is 0 Å². The van der Waals surface area contributed by atoms with E-state index in [1.165, 1.54) is 0 Å². The standard InChI is InChI=1S/C7H12F3NO/c8-7(9,10)6(12)3-1-2-5(11)4-6/h5,12H,1-4,11H2/t5-,6+/m0/s1. The molecule has 1 fully saturated rings. The lowest BCUT2D eigenvalue weighted by molar-refractivity contribution is -0.270. The highest BCUT2D eigenvalue weighted by molar-refractivity contribution is 4.93. The summed E-state index contributed by atoms with van der Waals surface area (Å²) >= 11 is 0. The predicted octanol–water partition coefficient (Wildman–Crippen LogP) is 1.18. The summed E-state index contributed by atoms with van der Waals surface area (Å²) < 4.78 is 36.6. The first kappa shape index (κ1) is 9.80. The summed E-state index contributed by atoms with van der Waals surface area (Å²) in [6, 6.07) is -0.523. The molecule has 0 bridgehead atoms. The van der Waals surface area contributed by atoms with Crippen LogP contribution in [0.3, 0.4) is 0 Å². The predicted molar refractivity (Wildman–Crippen MR) is 37.4 cm³/mol. The number of nitrogens with two attached hydrogens (primary N) is 1. The number of aliphatic hydroxyl groups is 1. The van der Waals surface area contributed by atoms with Crippen molar-refractivity contribution in [2.45, 2.75) is 43.5 Å². The molecule has 0 saturated heterocycles. The van der Waals surface area contributed by atoms with Gasteiger partial charge in [-0.25, -0.2) is 0 Å². The van der Waals surface area contributed by atoms with Gasteiger partial charge in [0.2, 0.25) is 0 Å². The summed E-state index contributed by atoms with van der Waals surface area (Å²) in [6.07, 6.45) is -4.21. The Hall–Kier alpha value is -0.290. The molecular weight excluding hydrogens is 171 g/mol. The molecule has 0 aromatic heterocycles. The Kier molecular flexibility index (Phi) is 2.35. The average Bonchev–Trinajstić information content (AvgIpc) is 1.83. The van der Waals surface area contributed by atoms with E-state index in [1.54, 1.807) is 0 Å². The SMILES string of the molecule is N[C@H]1CCC[C@](O)(C(F)(F)F)C1. The van der Waals surface area contributed by atoms with Crippen molar-refractivity contribution < 1.29 is 18.3 Å². The number of rotatable bonds is 0. The molecule has 1 aliphatic carbocycles. The van der Waals surface area contributed by atoms with Crippen LogP contribution in [-0.2, 0) is 0 Å². The summed E-state index contributed by atoms with van der Waals surface area (Å²) in [5, 5.41) is 9.17. The van der Waals surface area contributed by atoms with E-state index in [-0.39, 0.29) is 12.8 Å². The van der Waals surface area contributed by atoms with Gasteiger partial charge in [0.25, 0.3) is 0 Å². The molecule has 1 rings (SSSR count). The van der Waals surface area contributed by atoms with E-state index in [0.717, 1.165) is 0 Å². The van der Waals surface area contributed by atoms with Gasteiger partial charge in [0.1, 0.15) is 0 Å². The number of hydrogen-bond acceptors (Lipinski definition) is 2. The monoisotopic (exact) mass is 183 g/mol. The van der Waals surface area contributed by atoms with Gasteiger partial charge in [-0.2, -0.15) is 13.2 Å². The van der Waals surface area contributed by atoms with Crippen molar-refractivity contribution in [2.24, 2.45) is 5.73 Å². The second-order valence-electron chi connectivity index (χ2n) is 3.39. The molecule has 0 spiro atoms. The number of halogens is 3. The van der Waals surface area contributed by atoms with Crippen molar-refractivity contribution in [3.05, 3.63) is 0 Å². The smallest absolute Gasteiger partial charge is 0.380 e. The van der Waals surface area contributed by atoms with Crippen molar-refractivity contribution in [2.75, 3.05) is 0 Å². The zero-order chi connectivity index (χ0) is 9.41. The zero-order valence-corrected chi connectivity index (χ0v) is 6.56. The second kappa shape index (κ2) is 2.88. The molecule has 1 saturated carbocycles. The summed E-state index contributed by atoms with van der Waals surface area (Å²) in [5.41, 5.74) is 2.81. The fourth-order valence-corrected chi connectivity index (χ4v) is 1.55. The van der Waals surface area contributed by atoms with Gasteiger partial charge >= 0.3 is 6.18 Å². The van der Waals surface area contributed by atoms with Crippen LogP contribution in [0.4, 0.5) is 13.2 Å². The van der Waals surface area contributed by atoms with Crippen molar-refractivity contribution in [1.29, 1.82) is 0 Å². The molecule has 0 aliphatic heterocycles. The minimum atomic E-state index is -4.54. The molecular formula is C7H12F3NO. The normalized spacial score (nSPS) is 38.2. The van der Waals surface area contributed by atoms with E-state index in [2.05, 4.69) is 0 Å². The molecule has 72 valence electrons. The molecule has 2 nitrogen and oxygen atoms in total. The van der Waals surface area contributed by atoms with Gasteiger partial charge in [-0.1, -0.05) is 0 Å². The third-order valence-corrected chi connectivity index (χ3v) is 2.29. The van der Waals surface area contributed by atoms with E-state index >= 15 is 0 Å². The molecule has 0 aromatic carbocycles. The van der Waals surface area contributed by atoms with Gasteiger partial charge < -0.3 is 10.8 Å². The Balaban J connectivity index is 2.70. The maximum absolute atomic E-state index is 12.2. The summed E-state index contributed by atoms with van der Waals surface area (Å²) in [7, 11) is 0. The number of alkyl halides is 3. The maximum Gasteiger partial charge on any atom is 0.417 e. The molecule has 1 aliphatic rings. The summed E-state index contributed by atoms with van der Waals surface area (Å²) in [5.74, 6) is 0. The summed E-state index contributed by atoms with van der Waals surface area (Å²) in [6.45, 7) is 0. The van der Waals surface area contributed by atoms with Gasteiger partial charge in [-0.3, -0.25) is 0 Å². The molecule has 5 heteroatoms. The van der Waals surface area contributed by atoms with Crippen molar-refractivity contribution in [1.82, 2.24) is 0 Å². The van der Waals surface area contributed by atoms with Gasteiger partial charge in [0, 0.05) is 12.5 Å². The van der Waals surface area contributed by atoms with Crippen LogP contribution < -0.4 is 5.73 Å². The average molecular weight is 183 g/mol. The molecule has 0 heterocycles. The van der Waals surface area contributed by atoms with Crippen molar-refractivity contribution >= 4 is 0 Å². The molecule has 0 unspecified atom stereocenters. The third-order valence-electron chi connectivity index (χ3n) is 2.29. The summed E-state index contributed by atoms with van der Waals surface area (Å²) in [4.78, 5) is 0. The van der Waals surface area contributed by atoms with E-state index in [9.17, 15) is 18.3 Å². The Bertz CT molecular complexity index is 171. The Labute approximate surface area is 68.6 Å². The second-order valence-corrected chi connectivity index (χ2v) is 3.39. The van der Waals surface area contributed by atoms with E-state index in [1.807, 2.05) is 0 Å². The van der Waals surface area contributed by atoms with E-state index in [4.69, 9.17) is 5.73 Å². The van der Waals surface area contributed by atoms with Crippen LogP contribution in [-0.4, -0.2) is 22.9 Å². The molecule has 0 aromatic rings. The molecule has 12 heavy (non-hydrogen) atoms. The van der Waals surface area contributed by atoms with Crippen molar-refractivity contribution in [3.63, 3.8) is 0 Å². The van der Waals surface area contributed by atoms with Crippen molar-refractivity contribution in [3.8, 4) is 0 Å². The lowest BCUT2D eigenvalue weighted by Gasteiger charge is -2.36. The first-order chi connectivity index (χ1) is 5.35. The lowest BCUT2D eigenvalue weighted by Crippen LogP contribution is -2.51. The Morgan fingerprint density at radius 3 is 2.33 bits per heavy atom. The highest BCUT2D eigenvalue weighted by Crippen LogP contribution is 2.40. The zero-order valence-electron chi connectivity index (χ0n) is 6.56. The number of hydrogen-bond donors (Lipinski definition) is 2. The van der Waals surface area contributed by atoms with E-state index in [0.29, 0.717) is 12.8 Å². The largest absolute Gasteiger partial charge is 0.417 e. The Morgan fingerprint density at radius 2 is 2.00 bits per heavy atom. The molecule has 3 N–H and O–H groups in total. The van der Waals surface area contributed by atoms with Gasteiger partial charge in [0.15, 0.2) is 5.60 Å². The van der Waals surface area contributed by atoms with Crippen LogP contribution >= 0.6 is 0 Å². The minimum Gasteiger partial charge on any atom is -0.380 e. The maximum atomic E-state index is 12.2. The van der Waals surface area contributed by atoms with Gasteiger partial charge in [-0.05, 0) is 19.3 Å². The first-order valence-electron chi connectivity index (χ1n) is 3.90. The molecule has 0 radical (unpaired) electrons. The fourth-order valence-electron chi connectivity index (χ4n) is 1.55. The van der Waals surface area contributed by atoms with Gasteiger partial charge in [0.05, 0.1) is 0 Å². The fraction of sp³-hybridized carbons (Fsp3) is 1.00.